The van der Waals surface area contributed by atoms with Crippen molar-refractivity contribution in [3.63, 3.8) is 0 Å². The van der Waals surface area contributed by atoms with Gasteiger partial charge in [-0.2, -0.15) is 0 Å². The number of rotatable bonds is 0. The summed E-state index contributed by atoms with van der Waals surface area (Å²) in [6.07, 6.45) is 1.92. The van der Waals surface area contributed by atoms with Gasteiger partial charge in [0.05, 0.1) is 0 Å². The van der Waals surface area contributed by atoms with Crippen molar-refractivity contribution < 1.29 is 0 Å². The van der Waals surface area contributed by atoms with Gasteiger partial charge in [0, 0.05) is 19.0 Å². The van der Waals surface area contributed by atoms with E-state index in [1.54, 1.807) is 0 Å². The average Bonchev–Trinajstić information content (AvgIpc) is 2.32. The van der Waals surface area contributed by atoms with E-state index in [0.29, 0.717) is 0 Å². The Morgan fingerprint density at radius 3 is 2.77 bits per heavy atom. The number of hydrogen-bond acceptors (Lipinski definition) is 3. The molecule has 1 aromatic rings. The van der Waals surface area contributed by atoms with E-state index < -0.39 is 0 Å². The fraction of sp³-hybridized carbons (Fsp3) is 0.714. The van der Waals surface area contributed by atoms with Gasteiger partial charge in [-0.25, -0.2) is 0 Å². The Labute approximate surface area is 89.7 Å². The molecule has 4 nitrogen and oxygen atoms in total. The van der Waals surface area contributed by atoms with Gasteiger partial charge < -0.3 is 10.3 Å². The summed E-state index contributed by atoms with van der Waals surface area (Å²) in [4.78, 5) is 0. The van der Waals surface area contributed by atoms with Crippen molar-refractivity contribution in [3.8, 4) is 0 Å². The van der Waals surface area contributed by atoms with Gasteiger partial charge in [-0.05, 0) is 13.3 Å². The average molecular weight is 225 g/mol. The Hall–Kier alpha value is -0.320. The van der Waals surface area contributed by atoms with Crippen molar-refractivity contribution in [2.75, 3.05) is 0 Å². The Morgan fingerprint density at radius 2 is 2.08 bits per heavy atom. The SMILES string of the molecule is Cc1nnc2n1CCC(N)C2.Cl.Cl. The van der Waals surface area contributed by atoms with Crippen LogP contribution in [0.4, 0.5) is 0 Å². The largest absolute Gasteiger partial charge is 0.327 e. The molecule has 2 heterocycles. The van der Waals surface area contributed by atoms with E-state index in [9.17, 15) is 0 Å². The zero-order chi connectivity index (χ0) is 7.84. The zero-order valence-corrected chi connectivity index (χ0v) is 9.07. The molecule has 0 aliphatic carbocycles. The summed E-state index contributed by atoms with van der Waals surface area (Å²) in [5.74, 6) is 2.05. The Kier molecular flexibility index (Phi) is 4.67. The van der Waals surface area contributed by atoms with Gasteiger partial charge in [-0.15, -0.1) is 35.0 Å². The van der Waals surface area contributed by atoms with E-state index in [1.165, 1.54) is 0 Å². The third-order valence-electron chi connectivity index (χ3n) is 2.18. The highest BCUT2D eigenvalue weighted by atomic mass is 35.5. The van der Waals surface area contributed by atoms with Crippen LogP contribution >= 0.6 is 24.8 Å². The summed E-state index contributed by atoms with van der Waals surface area (Å²) < 4.78 is 2.14. The third kappa shape index (κ3) is 2.33. The first-order valence-corrected chi connectivity index (χ1v) is 3.91. The minimum Gasteiger partial charge on any atom is -0.327 e. The Bertz CT molecular complexity index is 273. The maximum atomic E-state index is 5.78. The molecule has 2 N–H and O–H groups in total. The molecule has 76 valence electrons. The lowest BCUT2D eigenvalue weighted by molar-refractivity contribution is 0.458. The summed E-state index contributed by atoms with van der Waals surface area (Å²) >= 11 is 0. The van der Waals surface area contributed by atoms with Crippen LogP contribution in [0.1, 0.15) is 18.1 Å². The van der Waals surface area contributed by atoms with E-state index in [2.05, 4.69) is 14.8 Å². The van der Waals surface area contributed by atoms with Crippen molar-refractivity contribution in [1.82, 2.24) is 14.8 Å². The topological polar surface area (TPSA) is 56.7 Å². The molecule has 1 atom stereocenters. The van der Waals surface area contributed by atoms with Crippen molar-refractivity contribution in [3.05, 3.63) is 11.6 Å². The summed E-state index contributed by atoms with van der Waals surface area (Å²) in [5.41, 5.74) is 5.78. The van der Waals surface area contributed by atoms with Gasteiger partial charge in [0.1, 0.15) is 11.6 Å². The fourth-order valence-electron chi connectivity index (χ4n) is 1.50. The van der Waals surface area contributed by atoms with Gasteiger partial charge in [-0.3, -0.25) is 0 Å². The molecular formula is C7H14Cl2N4. The van der Waals surface area contributed by atoms with Crippen molar-refractivity contribution >= 4 is 24.8 Å². The van der Waals surface area contributed by atoms with E-state index in [-0.39, 0.29) is 30.9 Å². The molecule has 0 bridgehead atoms. The number of nitrogens with zero attached hydrogens (tertiary/aromatic N) is 3. The number of hydrogen-bond donors (Lipinski definition) is 1. The zero-order valence-electron chi connectivity index (χ0n) is 7.43. The summed E-state index contributed by atoms with van der Waals surface area (Å²) in [7, 11) is 0. The standard InChI is InChI=1S/C7H12N4.2ClH/c1-5-9-10-7-4-6(8)2-3-11(5)7;;/h6H,2-4,8H2,1H3;2*1H. The molecule has 6 heteroatoms. The smallest absolute Gasteiger partial charge is 0.134 e. The number of halogens is 2. The molecular weight excluding hydrogens is 211 g/mol. The number of aryl methyl sites for hydroxylation is 1. The molecule has 1 aliphatic rings. The van der Waals surface area contributed by atoms with Crippen LogP contribution in [0.5, 0.6) is 0 Å². The molecule has 0 saturated carbocycles. The number of nitrogens with two attached hydrogens (primary N) is 1. The van der Waals surface area contributed by atoms with Crippen LogP contribution in [0.25, 0.3) is 0 Å². The molecule has 0 aromatic carbocycles. The van der Waals surface area contributed by atoms with Crippen LogP contribution in [0, 0.1) is 6.92 Å². The van der Waals surface area contributed by atoms with Gasteiger partial charge in [0.25, 0.3) is 0 Å². The lowest BCUT2D eigenvalue weighted by atomic mass is 10.1. The van der Waals surface area contributed by atoms with Gasteiger partial charge >= 0.3 is 0 Å². The first-order chi connectivity index (χ1) is 5.27. The Balaban J connectivity index is 0.000000720. The first kappa shape index (κ1) is 12.7. The van der Waals surface area contributed by atoms with Crippen LogP contribution in [-0.4, -0.2) is 20.8 Å². The molecule has 1 unspecified atom stereocenters. The first-order valence-electron chi connectivity index (χ1n) is 3.91. The van der Waals surface area contributed by atoms with Crippen molar-refractivity contribution in [2.24, 2.45) is 5.73 Å². The van der Waals surface area contributed by atoms with E-state index >= 15 is 0 Å². The minimum atomic E-state index is 0. The molecule has 0 radical (unpaired) electrons. The second-order valence-corrected chi connectivity index (χ2v) is 3.07. The fourth-order valence-corrected chi connectivity index (χ4v) is 1.50. The predicted octanol–water partition coefficient (Wildman–Crippen LogP) is 0.704. The highest BCUT2D eigenvalue weighted by Gasteiger charge is 2.17. The lowest BCUT2D eigenvalue weighted by Gasteiger charge is -2.19. The van der Waals surface area contributed by atoms with Crippen LogP contribution < -0.4 is 5.73 Å². The molecule has 0 saturated heterocycles. The number of aromatic nitrogens is 3. The number of fused-ring (bicyclic) bond motifs is 1. The highest BCUT2D eigenvalue weighted by Crippen LogP contribution is 2.12. The van der Waals surface area contributed by atoms with E-state index in [0.717, 1.165) is 31.0 Å². The van der Waals surface area contributed by atoms with Gasteiger partial charge in [0.15, 0.2) is 0 Å². The van der Waals surface area contributed by atoms with Crippen LogP contribution in [0.15, 0.2) is 0 Å². The summed E-state index contributed by atoms with van der Waals surface area (Å²) in [5, 5.41) is 8.03. The maximum absolute atomic E-state index is 5.78. The van der Waals surface area contributed by atoms with Crippen LogP contribution in [0.2, 0.25) is 0 Å². The third-order valence-corrected chi connectivity index (χ3v) is 2.18. The monoisotopic (exact) mass is 224 g/mol. The molecule has 2 rings (SSSR count). The molecule has 0 fully saturated rings. The van der Waals surface area contributed by atoms with E-state index in [4.69, 9.17) is 5.73 Å². The predicted molar refractivity (Wildman–Crippen MR) is 55.6 cm³/mol. The second-order valence-electron chi connectivity index (χ2n) is 3.07. The molecule has 13 heavy (non-hydrogen) atoms. The molecule has 0 amide bonds. The Morgan fingerprint density at radius 1 is 1.38 bits per heavy atom. The van der Waals surface area contributed by atoms with Crippen LogP contribution in [0.3, 0.4) is 0 Å². The van der Waals surface area contributed by atoms with Gasteiger partial charge in [0.2, 0.25) is 0 Å². The normalized spacial score (nSPS) is 19.7. The summed E-state index contributed by atoms with van der Waals surface area (Å²) in [6, 6.07) is 0.283. The molecule has 0 spiro atoms. The van der Waals surface area contributed by atoms with Crippen molar-refractivity contribution in [1.29, 1.82) is 0 Å². The molecule has 1 aromatic heterocycles. The van der Waals surface area contributed by atoms with Crippen LogP contribution in [-0.2, 0) is 13.0 Å². The van der Waals surface area contributed by atoms with E-state index in [1.807, 2.05) is 6.92 Å². The minimum absolute atomic E-state index is 0. The quantitative estimate of drug-likeness (QED) is 0.707. The lowest BCUT2D eigenvalue weighted by Crippen LogP contribution is -2.31. The van der Waals surface area contributed by atoms with Gasteiger partial charge in [-0.1, -0.05) is 0 Å². The molecule has 1 aliphatic heterocycles. The van der Waals surface area contributed by atoms with Crippen molar-refractivity contribution in [2.45, 2.75) is 32.4 Å². The second kappa shape index (κ2) is 4.79. The summed E-state index contributed by atoms with van der Waals surface area (Å²) in [6.45, 7) is 2.96. The highest BCUT2D eigenvalue weighted by molar-refractivity contribution is 5.85. The maximum Gasteiger partial charge on any atom is 0.134 e.